The SMILES string of the molecule is CC(=O)O[C@@H](CCC1C(=O)N(c2ccc(CCCNS(C)(=O)=O)cc2)C1c1ccc(-c2ccc(C(O)(CO)CO)cc2)cc1OCc1ccccc1)c1ccc(F)cc1. The van der Waals surface area contributed by atoms with Crippen LogP contribution in [0.2, 0.25) is 0 Å². The molecule has 1 fully saturated rings. The number of benzene rings is 5. The number of anilines is 1. The lowest BCUT2D eigenvalue weighted by Gasteiger charge is -2.48. The largest absolute Gasteiger partial charge is 0.489 e. The monoisotopic (exact) mass is 824 g/mol. The third kappa shape index (κ3) is 10.8. The number of rotatable bonds is 19. The van der Waals surface area contributed by atoms with Crippen LogP contribution in [-0.2, 0) is 43.0 Å². The number of carbonyl (C=O) groups excluding carboxylic acids is 2. The lowest BCUT2D eigenvalue weighted by atomic mass is 9.77. The second-order valence-electron chi connectivity index (χ2n) is 14.9. The van der Waals surface area contributed by atoms with Crippen LogP contribution in [-0.4, -0.2) is 61.6 Å². The van der Waals surface area contributed by atoms with Crippen molar-refractivity contribution in [1.29, 1.82) is 0 Å². The van der Waals surface area contributed by atoms with Crippen molar-refractivity contribution in [2.45, 2.75) is 57.0 Å². The molecular weight excluding hydrogens is 776 g/mol. The topological polar surface area (TPSA) is 163 Å². The summed E-state index contributed by atoms with van der Waals surface area (Å²) in [5.74, 6) is -1.06. The molecule has 3 atom stereocenters. The predicted molar refractivity (Wildman–Crippen MR) is 222 cm³/mol. The highest BCUT2D eigenvalue weighted by molar-refractivity contribution is 7.88. The molecule has 59 heavy (non-hydrogen) atoms. The smallest absolute Gasteiger partial charge is 0.303 e. The van der Waals surface area contributed by atoms with Crippen molar-refractivity contribution in [3.8, 4) is 16.9 Å². The van der Waals surface area contributed by atoms with Gasteiger partial charge in [0.25, 0.3) is 0 Å². The zero-order valence-corrected chi connectivity index (χ0v) is 33.8. The van der Waals surface area contributed by atoms with Crippen LogP contribution < -0.4 is 14.4 Å². The maximum Gasteiger partial charge on any atom is 0.303 e. The Bertz CT molecular complexity index is 2300. The number of carbonyl (C=O) groups is 2. The van der Waals surface area contributed by atoms with Gasteiger partial charge < -0.3 is 29.7 Å². The van der Waals surface area contributed by atoms with E-state index in [-0.39, 0.29) is 12.5 Å². The Hall–Kier alpha value is -5.44. The summed E-state index contributed by atoms with van der Waals surface area (Å²) in [6.07, 6.45) is 2.27. The molecule has 5 aromatic rings. The molecule has 0 aliphatic carbocycles. The molecule has 13 heteroatoms. The number of amides is 1. The number of hydrogen-bond acceptors (Lipinski definition) is 9. The van der Waals surface area contributed by atoms with E-state index >= 15 is 0 Å². The van der Waals surface area contributed by atoms with Crippen molar-refractivity contribution in [2.24, 2.45) is 5.92 Å². The number of ether oxygens (including phenoxy) is 2. The Morgan fingerprint density at radius 3 is 2.17 bits per heavy atom. The zero-order chi connectivity index (χ0) is 42.2. The van der Waals surface area contributed by atoms with Gasteiger partial charge in [0, 0.05) is 24.7 Å². The summed E-state index contributed by atoms with van der Waals surface area (Å²) < 4.78 is 51.6. The van der Waals surface area contributed by atoms with E-state index in [2.05, 4.69) is 4.72 Å². The summed E-state index contributed by atoms with van der Waals surface area (Å²) in [7, 11) is -3.29. The molecule has 0 spiro atoms. The molecule has 0 aromatic heterocycles. The first-order chi connectivity index (χ1) is 28.3. The Balaban J connectivity index is 1.36. The van der Waals surface area contributed by atoms with Gasteiger partial charge in [-0.25, -0.2) is 17.5 Å². The molecular formula is C46H49FN2O9S. The number of nitrogens with zero attached hydrogens (tertiary/aromatic N) is 1. The van der Waals surface area contributed by atoms with Crippen LogP contribution >= 0.6 is 0 Å². The van der Waals surface area contributed by atoms with Gasteiger partial charge >= 0.3 is 5.97 Å². The molecule has 6 rings (SSSR count). The first kappa shape index (κ1) is 43.1. The van der Waals surface area contributed by atoms with E-state index in [1.54, 1.807) is 41.3 Å². The van der Waals surface area contributed by atoms with Gasteiger partial charge in [-0.15, -0.1) is 0 Å². The highest BCUT2D eigenvalue weighted by atomic mass is 32.2. The van der Waals surface area contributed by atoms with Crippen LogP contribution in [0.4, 0.5) is 10.1 Å². The van der Waals surface area contributed by atoms with E-state index in [4.69, 9.17) is 9.47 Å². The highest BCUT2D eigenvalue weighted by Crippen LogP contribution is 2.50. The summed E-state index contributed by atoms with van der Waals surface area (Å²) in [5, 5.41) is 30.1. The van der Waals surface area contributed by atoms with E-state index in [1.165, 1.54) is 19.1 Å². The van der Waals surface area contributed by atoms with Crippen LogP contribution in [0.1, 0.15) is 66.1 Å². The van der Waals surface area contributed by atoms with Gasteiger partial charge in [-0.1, -0.05) is 91.0 Å². The van der Waals surface area contributed by atoms with Gasteiger partial charge in [-0.2, -0.15) is 0 Å². The second-order valence-corrected chi connectivity index (χ2v) is 16.7. The van der Waals surface area contributed by atoms with Gasteiger partial charge in [0.15, 0.2) is 0 Å². The summed E-state index contributed by atoms with van der Waals surface area (Å²) in [5.41, 5.74) is 4.08. The Morgan fingerprint density at radius 2 is 1.54 bits per heavy atom. The van der Waals surface area contributed by atoms with E-state index in [0.717, 1.165) is 34.1 Å². The third-order valence-electron chi connectivity index (χ3n) is 10.6. The average Bonchev–Trinajstić information content (AvgIpc) is 3.23. The van der Waals surface area contributed by atoms with Gasteiger partial charge in [-0.3, -0.25) is 9.59 Å². The van der Waals surface area contributed by atoms with Crippen LogP contribution in [0, 0.1) is 11.7 Å². The molecule has 1 heterocycles. The van der Waals surface area contributed by atoms with Crippen molar-refractivity contribution in [3.05, 3.63) is 155 Å². The number of esters is 1. The van der Waals surface area contributed by atoms with Crippen molar-refractivity contribution < 1.29 is 47.2 Å². The average molecular weight is 825 g/mol. The van der Waals surface area contributed by atoms with Crippen molar-refractivity contribution in [2.75, 3.05) is 30.9 Å². The standard InChI is InChI=1S/C46H49FN2O9S/c1-31(52)58-42(35-14-19-38(47)20-15-35)25-24-41-44(49(45(41)53)39-21-10-32(11-22-39)9-6-26-48-59(2,55)56)40-23-16-36(27-43(40)57-28-33-7-4-3-5-8-33)34-12-17-37(18-13-34)46(54,29-50)30-51/h3-5,7-8,10-23,27,41-42,44,48,50-51,54H,6,9,24-26,28-30H2,1-2H3/t41?,42-,44?/m0/s1. The van der Waals surface area contributed by atoms with Crippen LogP contribution in [0.15, 0.2) is 121 Å². The van der Waals surface area contributed by atoms with Gasteiger partial charge in [0.1, 0.15) is 29.9 Å². The van der Waals surface area contributed by atoms with E-state index in [1.807, 2.05) is 72.8 Å². The van der Waals surface area contributed by atoms with Crippen LogP contribution in [0.5, 0.6) is 5.75 Å². The summed E-state index contributed by atoms with van der Waals surface area (Å²) in [4.78, 5) is 28.2. The molecule has 4 N–H and O–H groups in total. The number of aryl methyl sites for hydroxylation is 1. The number of hydrogen-bond donors (Lipinski definition) is 4. The molecule has 0 saturated carbocycles. The molecule has 0 bridgehead atoms. The minimum atomic E-state index is -3.29. The van der Waals surface area contributed by atoms with Crippen molar-refractivity contribution in [3.63, 3.8) is 0 Å². The number of halogens is 1. The fourth-order valence-corrected chi connectivity index (χ4v) is 7.89. The lowest BCUT2D eigenvalue weighted by molar-refractivity contribution is -0.147. The van der Waals surface area contributed by atoms with Crippen molar-refractivity contribution in [1.82, 2.24) is 4.72 Å². The highest BCUT2D eigenvalue weighted by Gasteiger charge is 2.50. The number of aliphatic hydroxyl groups is 3. The molecule has 11 nitrogen and oxygen atoms in total. The number of sulfonamides is 1. The second kappa shape index (κ2) is 19.1. The minimum Gasteiger partial charge on any atom is -0.489 e. The molecule has 0 radical (unpaired) electrons. The summed E-state index contributed by atoms with van der Waals surface area (Å²) in [6, 6.07) is 35.2. The Kier molecular flexibility index (Phi) is 14.0. The molecule has 1 aliphatic heterocycles. The molecule has 1 amide bonds. The zero-order valence-electron chi connectivity index (χ0n) is 33.0. The Morgan fingerprint density at radius 1 is 0.881 bits per heavy atom. The molecule has 310 valence electrons. The fourth-order valence-electron chi connectivity index (χ4n) is 7.37. The first-order valence-electron chi connectivity index (χ1n) is 19.4. The molecule has 1 aliphatic rings. The normalized spacial score (nSPS) is 16.0. The Labute approximate surface area is 344 Å². The number of nitrogens with one attached hydrogen (secondary N) is 1. The van der Waals surface area contributed by atoms with Gasteiger partial charge in [0.2, 0.25) is 15.9 Å². The predicted octanol–water partition coefficient (Wildman–Crippen LogP) is 6.51. The quantitative estimate of drug-likeness (QED) is 0.0413. The number of aliphatic hydroxyl groups excluding tert-OH is 2. The molecule has 1 saturated heterocycles. The fraction of sp³-hybridized carbons (Fsp3) is 0.304. The van der Waals surface area contributed by atoms with Gasteiger partial charge in [-0.05, 0) is 89.4 Å². The van der Waals surface area contributed by atoms with Crippen LogP contribution in [0.3, 0.4) is 0 Å². The summed E-state index contributed by atoms with van der Waals surface area (Å²) >= 11 is 0. The van der Waals surface area contributed by atoms with Gasteiger partial charge in [0.05, 0.1) is 31.4 Å². The summed E-state index contributed by atoms with van der Waals surface area (Å²) in [6.45, 7) is 0.560. The molecule has 5 aromatic carbocycles. The van der Waals surface area contributed by atoms with E-state index < -0.39 is 58.7 Å². The number of β-lactam (4-membered cyclic amide) rings is 1. The van der Waals surface area contributed by atoms with Crippen molar-refractivity contribution >= 4 is 27.6 Å². The van der Waals surface area contributed by atoms with E-state index in [9.17, 15) is 37.7 Å². The van der Waals surface area contributed by atoms with Crippen LogP contribution in [0.25, 0.3) is 11.1 Å². The minimum absolute atomic E-state index is 0.130. The third-order valence-corrected chi connectivity index (χ3v) is 11.3. The maximum atomic E-state index is 14.3. The molecule has 2 unspecified atom stereocenters. The maximum absolute atomic E-state index is 14.3. The van der Waals surface area contributed by atoms with E-state index in [0.29, 0.717) is 54.8 Å². The lowest BCUT2D eigenvalue weighted by Crippen LogP contribution is -2.55. The first-order valence-corrected chi connectivity index (χ1v) is 21.3.